The number of hydrogen-bond donors (Lipinski definition) is 1. The fourth-order valence-electron chi connectivity index (χ4n) is 3.94. The molecule has 1 N–H and O–H groups in total. The number of halogens is 1. The molecule has 31 heavy (non-hydrogen) atoms. The molecular weight excluding hydrogens is 418 g/mol. The van der Waals surface area contributed by atoms with E-state index in [4.69, 9.17) is 16.3 Å². The predicted molar refractivity (Wildman–Crippen MR) is 118 cm³/mol. The summed E-state index contributed by atoms with van der Waals surface area (Å²) in [6.07, 6.45) is 1.72. The van der Waals surface area contributed by atoms with E-state index in [1.807, 2.05) is 24.3 Å². The van der Waals surface area contributed by atoms with Crippen LogP contribution in [0.2, 0.25) is 5.02 Å². The topological polar surface area (TPSA) is 84.4 Å². The normalized spacial score (nSPS) is 14.7. The Morgan fingerprint density at radius 1 is 1.06 bits per heavy atom. The van der Waals surface area contributed by atoms with Crippen LogP contribution in [0.1, 0.15) is 29.6 Å². The van der Waals surface area contributed by atoms with Gasteiger partial charge >= 0.3 is 11.7 Å². The van der Waals surface area contributed by atoms with Gasteiger partial charge in [0.15, 0.2) is 0 Å². The van der Waals surface area contributed by atoms with Crippen LogP contribution in [0.3, 0.4) is 0 Å². The summed E-state index contributed by atoms with van der Waals surface area (Å²) in [6, 6.07) is 14.3. The van der Waals surface area contributed by atoms with Gasteiger partial charge in [0.2, 0.25) is 0 Å². The van der Waals surface area contributed by atoms with E-state index < -0.39 is 0 Å². The number of benzene rings is 2. The molecule has 4 rings (SSSR count). The van der Waals surface area contributed by atoms with Gasteiger partial charge in [-0.3, -0.25) is 14.2 Å². The van der Waals surface area contributed by atoms with Crippen LogP contribution in [0.15, 0.2) is 53.3 Å². The highest BCUT2D eigenvalue weighted by molar-refractivity contribution is 6.30. The van der Waals surface area contributed by atoms with E-state index in [9.17, 15) is 14.4 Å². The van der Waals surface area contributed by atoms with Gasteiger partial charge in [-0.25, -0.2) is 4.79 Å². The van der Waals surface area contributed by atoms with Gasteiger partial charge in [-0.15, -0.1) is 0 Å². The maximum absolute atomic E-state index is 12.6. The number of hydrogen-bond acceptors (Lipinski definition) is 4. The second kappa shape index (κ2) is 9.39. The number of para-hydroxylation sites is 2. The first kappa shape index (κ1) is 21.2. The Morgan fingerprint density at radius 3 is 2.52 bits per heavy atom. The molecule has 1 saturated heterocycles. The monoisotopic (exact) mass is 441 g/mol. The van der Waals surface area contributed by atoms with Gasteiger partial charge in [0.05, 0.1) is 23.6 Å². The van der Waals surface area contributed by atoms with Crippen LogP contribution in [-0.2, 0) is 16.1 Å². The minimum atomic E-state index is -0.232. The Morgan fingerprint density at radius 2 is 1.77 bits per heavy atom. The van der Waals surface area contributed by atoms with Crippen molar-refractivity contribution < 1.29 is 14.3 Å². The van der Waals surface area contributed by atoms with Crippen molar-refractivity contribution in [1.82, 2.24) is 14.5 Å². The van der Waals surface area contributed by atoms with E-state index in [0.29, 0.717) is 49.5 Å². The number of rotatable bonds is 6. The smallest absolute Gasteiger partial charge is 0.326 e. The number of aromatic nitrogens is 2. The summed E-state index contributed by atoms with van der Waals surface area (Å²) in [7, 11) is 0. The lowest BCUT2D eigenvalue weighted by Gasteiger charge is -2.31. The number of esters is 1. The third-order valence-electron chi connectivity index (χ3n) is 5.66. The molecule has 1 fully saturated rings. The molecule has 0 radical (unpaired) electrons. The van der Waals surface area contributed by atoms with Crippen LogP contribution in [-0.4, -0.2) is 46.0 Å². The third kappa shape index (κ3) is 4.82. The van der Waals surface area contributed by atoms with Gasteiger partial charge in [0.25, 0.3) is 5.91 Å². The SMILES string of the molecule is O=C(OCCCn1c(=O)[nH]c2ccccc21)C1CCN(C(=O)c2ccc(Cl)cc2)CC1. The summed E-state index contributed by atoms with van der Waals surface area (Å²) < 4.78 is 7.10. The van der Waals surface area contributed by atoms with Crippen molar-refractivity contribution in [2.75, 3.05) is 19.7 Å². The number of aryl methyl sites for hydroxylation is 1. The van der Waals surface area contributed by atoms with Crippen LogP contribution < -0.4 is 5.69 Å². The summed E-state index contributed by atoms with van der Waals surface area (Å²) >= 11 is 5.88. The van der Waals surface area contributed by atoms with Crippen LogP contribution in [0, 0.1) is 5.92 Å². The Balaban J connectivity index is 1.22. The zero-order chi connectivity index (χ0) is 21.8. The fourth-order valence-corrected chi connectivity index (χ4v) is 4.06. The first-order valence-corrected chi connectivity index (χ1v) is 10.8. The zero-order valence-corrected chi connectivity index (χ0v) is 17.8. The molecule has 1 aliphatic heterocycles. The lowest BCUT2D eigenvalue weighted by Crippen LogP contribution is -2.40. The molecule has 7 nitrogen and oxygen atoms in total. The van der Waals surface area contributed by atoms with E-state index >= 15 is 0 Å². The highest BCUT2D eigenvalue weighted by Crippen LogP contribution is 2.21. The number of piperidine rings is 1. The molecule has 162 valence electrons. The maximum Gasteiger partial charge on any atom is 0.326 e. The number of carbonyl (C=O) groups is 2. The summed E-state index contributed by atoms with van der Waals surface area (Å²) in [6.45, 7) is 1.77. The molecule has 1 aliphatic rings. The van der Waals surface area contributed by atoms with Crippen molar-refractivity contribution >= 4 is 34.5 Å². The second-order valence-corrected chi connectivity index (χ2v) is 8.13. The van der Waals surface area contributed by atoms with E-state index in [1.54, 1.807) is 33.7 Å². The fraction of sp³-hybridized carbons (Fsp3) is 0.348. The highest BCUT2D eigenvalue weighted by atomic mass is 35.5. The molecule has 3 aromatic rings. The average Bonchev–Trinajstić information content (AvgIpc) is 3.11. The number of nitrogens with one attached hydrogen (secondary N) is 1. The predicted octanol–water partition coefficient (Wildman–Crippen LogP) is 3.47. The number of amides is 1. The molecule has 0 saturated carbocycles. The number of carbonyl (C=O) groups excluding carboxylic acids is 2. The lowest BCUT2D eigenvalue weighted by atomic mass is 9.96. The lowest BCUT2D eigenvalue weighted by molar-refractivity contribution is -0.150. The van der Waals surface area contributed by atoms with Gasteiger partial charge in [0, 0.05) is 30.2 Å². The van der Waals surface area contributed by atoms with Crippen LogP contribution in [0.25, 0.3) is 11.0 Å². The Hall–Kier alpha value is -3.06. The number of fused-ring (bicyclic) bond motifs is 1. The molecule has 2 aromatic carbocycles. The molecule has 0 atom stereocenters. The first-order chi connectivity index (χ1) is 15.0. The van der Waals surface area contributed by atoms with Crippen LogP contribution >= 0.6 is 11.6 Å². The average molecular weight is 442 g/mol. The summed E-state index contributed by atoms with van der Waals surface area (Å²) in [5.74, 6) is -0.484. The number of imidazole rings is 1. The molecular formula is C23H24ClN3O4. The summed E-state index contributed by atoms with van der Waals surface area (Å²) in [4.78, 5) is 41.6. The van der Waals surface area contributed by atoms with Gasteiger partial charge in [-0.2, -0.15) is 0 Å². The minimum absolute atomic E-state index is 0.0485. The van der Waals surface area contributed by atoms with Crippen molar-refractivity contribution in [3.8, 4) is 0 Å². The number of H-pyrrole nitrogens is 1. The van der Waals surface area contributed by atoms with Gasteiger partial charge in [0.1, 0.15) is 0 Å². The number of likely N-dealkylation sites (tertiary alicyclic amines) is 1. The van der Waals surface area contributed by atoms with Gasteiger partial charge < -0.3 is 14.6 Å². The minimum Gasteiger partial charge on any atom is -0.465 e. The summed E-state index contributed by atoms with van der Waals surface area (Å²) in [5, 5.41) is 0.590. The largest absolute Gasteiger partial charge is 0.465 e. The van der Waals surface area contributed by atoms with Crippen LogP contribution in [0.5, 0.6) is 0 Å². The van der Waals surface area contributed by atoms with Crippen molar-refractivity contribution in [2.45, 2.75) is 25.8 Å². The summed E-state index contributed by atoms with van der Waals surface area (Å²) in [5.41, 5.74) is 2.07. The Kier molecular flexibility index (Phi) is 6.42. The molecule has 2 heterocycles. The van der Waals surface area contributed by atoms with Crippen LogP contribution in [0.4, 0.5) is 0 Å². The molecule has 0 bridgehead atoms. The van der Waals surface area contributed by atoms with E-state index in [-0.39, 0.29) is 30.1 Å². The quantitative estimate of drug-likeness (QED) is 0.469. The molecule has 1 amide bonds. The number of aromatic amines is 1. The number of ether oxygens (including phenoxy) is 1. The first-order valence-electron chi connectivity index (χ1n) is 10.4. The van der Waals surface area contributed by atoms with E-state index in [1.165, 1.54) is 0 Å². The van der Waals surface area contributed by atoms with Crippen molar-refractivity contribution in [3.63, 3.8) is 0 Å². The molecule has 1 aromatic heterocycles. The van der Waals surface area contributed by atoms with Gasteiger partial charge in [-0.05, 0) is 55.7 Å². The highest BCUT2D eigenvalue weighted by Gasteiger charge is 2.28. The van der Waals surface area contributed by atoms with E-state index in [0.717, 1.165) is 11.0 Å². The Bertz CT molecular complexity index is 1130. The molecule has 0 aliphatic carbocycles. The maximum atomic E-state index is 12.6. The van der Waals surface area contributed by atoms with Gasteiger partial charge in [-0.1, -0.05) is 23.7 Å². The number of nitrogens with zero attached hydrogens (tertiary/aromatic N) is 2. The molecule has 0 spiro atoms. The molecule has 0 unspecified atom stereocenters. The van der Waals surface area contributed by atoms with Crippen molar-refractivity contribution in [1.29, 1.82) is 0 Å². The van der Waals surface area contributed by atoms with Crippen molar-refractivity contribution in [3.05, 3.63) is 69.6 Å². The Labute approximate surface area is 184 Å². The standard InChI is InChI=1S/C23H24ClN3O4/c24-18-8-6-16(7-9-18)21(28)26-13-10-17(11-14-26)22(29)31-15-3-12-27-20-5-2-1-4-19(20)25-23(27)30/h1-2,4-9,17H,3,10-15H2,(H,25,30). The molecule has 8 heteroatoms. The van der Waals surface area contributed by atoms with E-state index in [2.05, 4.69) is 4.98 Å². The second-order valence-electron chi connectivity index (χ2n) is 7.69. The third-order valence-corrected chi connectivity index (χ3v) is 5.91. The van der Waals surface area contributed by atoms with Crippen molar-refractivity contribution in [2.24, 2.45) is 5.92 Å². The zero-order valence-electron chi connectivity index (χ0n) is 17.1.